The van der Waals surface area contributed by atoms with Crippen LogP contribution in [0.15, 0.2) is 6.20 Å². The second kappa shape index (κ2) is 6.75. The first-order chi connectivity index (χ1) is 11.6. The molecule has 2 saturated heterocycles. The number of aryl methyl sites for hydroxylation is 1. The molecular formula is C19H29N3OS. The highest BCUT2D eigenvalue weighted by Crippen LogP contribution is 2.42. The van der Waals surface area contributed by atoms with Gasteiger partial charge < -0.3 is 4.90 Å². The van der Waals surface area contributed by atoms with E-state index >= 15 is 0 Å². The summed E-state index contributed by atoms with van der Waals surface area (Å²) in [6, 6.07) is 0. The van der Waals surface area contributed by atoms with Gasteiger partial charge in [-0.3, -0.25) is 9.69 Å². The third-order valence-electron chi connectivity index (χ3n) is 6.14. The number of rotatable bonds is 4. The normalized spacial score (nSPS) is 29.2. The van der Waals surface area contributed by atoms with Crippen LogP contribution in [0.1, 0.15) is 54.8 Å². The second-order valence-corrected chi connectivity index (χ2v) is 9.45. The summed E-state index contributed by atoms with van der Waals surface area (Å²) in [6.07, 6.45) is 11.0. The highest BCUT2D eigenvalue weighted by molar-refractivity contribution is 7.11. The molecule has 0 bridgehead atoms. The molecule has 1 saturated carbocycles. The molecule has 1 aliphatic carbocycles. The SMILES string of the molecule is Cc1ncc(CN2CCC[C@@]3(C2)CN(CC2CCCCC2)C3=O)s1. The number of carbonyl (C=O) groups is 1. The average Bonchev–Trinajstić information content (AvgIpc) is 3.00. The Bertz CT molecular complexity index is 595. The second-order valence-electron chi connectivity index (χ2n) is 8.13. The summed E-state index contributed by atoms with van der Waals surface area (Å²) >= 11 is 1.78. The van der Waals surface area contributed by atoms with Crippen LogP contribution in [-0.4, -0.2) is 46.9 Å². The topological polar surface area (TPSA) is 36.4 Å². The number of aromatic nitrogens is 1. The molecule has 1 atom stereocenters. The van der Waals surface area contributed by atoms with E-state index in [4.69, 9.17) is 0 Å². The van der Waals surface area contributed by atoms with Crippen molar-refractivity contribution in [1.29, 1.82) is 0 Å². The van der Waals surface area contributed by atoms with Crippen molar-refractivity contribution < 1.29 is 4.79 Å². The molecule has 4 nitrogen and oxygen atoms in total. The maximum atomic E-state index is 12.9. The molecular weight excluding hydrogens is 318 g/mol. The molecule has 1 spiro atoms. The molecule has 1 amide bonds. The van der Waals surface area contributed by atoms with Gasteiger partial charge in [-0.1, -0.05) is 19.3 Å². The standard InChI is InChI=1S/C19H29N3OS/c1-15-20-10-17(24-15)12-21-9-5-8-19(13-21)14-22(18(19)23)11-16-6-3-2-4-7-16/h10,16H,2-9,11-14H2,1H3/t19-/m1/s1. The van der Waals surface area contributed by atoms with E-state index in [1.807, 2.05) is 6.20 Å². The van der Waals surface area contributed by atoms with Gasteiger partial charge in [-0.25, -0.2) is 4.98 Å². The first-order valence-corrected chi connectivity index (χ1v) is 10.4. The highest BCUT2D eigenvalue weighted by Gasteiger charge is 2.53. The van der Waals surface area contributed by atoms with Gasteiger partial charge in [0.2, 0.25) is 5.91 Å². The van der Waals surface area contributed by atoms with E-state index in [0.717, 1.165) is 56.5 Å². The number of carbonyl (C=O) groups excluding carboxylic acids is 1. The molecule has 3 aliphatic rings. The van der Waals surface area contributed by atoms with Crippen LogP contribution in [0.2, 0.25) is 0 Å². The fraction of sp³-hybridized carbons (Fsp3) is 0.789. The Labute approximate surface area is 149 Å². The fourth-order valence-corrected chi connectivity index (χ4v) is 5.78. The number of β-lactam (4-membered cyclic amide) rings is 1. The summed E-state index contributed by atoms with van der Waals surface area (Å²) in [4.78, 5) is 23.2. The monoisotopic (exact) mass is 347 g/mol. The van der Waals surface area contributed by atoms with Crippen LogP contribution in [0, 0.1) is 18.3 Å². The third-order valence-corrected chi connectivity index (χ3v) is 7.04. The van der Waals surface area contributed by atoms with Crippen molar-refractivity contribution in [2.24, 2.45) is 11.3 Å². The van der Waals surface area contributed by atoms with Crippen LogP contribution in [0.25, 0.3) is 0 Å². The van der Waals surface area contributed by atoms with E-state index in [1.165, 1.54) is 37.0 Å². The first-order valence-electron chi connectivity index (χ1n) is 9.58. The number of nitrogens with zero attached hydrogens (tertiary/aromatic N) is 3. The largest absolute Gasteiger partial charge is 0.341 e. The lowest BCUT2D eigenvalue weighted by atomic mass is 9.71. The fourth-order valence-electron chi connectivity index (χ4n) is 4.94. The molecule has 3 fully saturated rings. The average molecular weight is 348 g/mol. The Morgan fingerprint density at radius 3 is 2.79 bits per heavy atom. The highest BCUT2D eigenvalue weighted by atomic mass is 32.1. The number of hydrogen-bond donors (Lipinski definition) is 0. The number of likely N-dealkylation sites (tertiary alicyclic amines) is 2. The van der Waals surface area contributed by atoms with Crippen LogP contribution >= 0.6 is 11.3 Å². The lowest BCUT2D eigenvalue weighted by Gasteiger charge is -2.54. The Kier molecular flexibility index (Phi) is 4.65. The molecule has 4 rings (SSSR count). The maximum Gasteiger partial charge on any atom is 0.231 e. The number of thiazole rings is 1. The van der Waals surface area contributed by atoms with E-state index in [9.17, 15) is 4.79 Å². The summed E-state index contributed by atoms with van der Waals surface area (Å²) < 4.78 is 0. The molecule has 5 heteroatoms. The van der Waals surface area contributed by atoms with Crippen molar-refractivity contribution in [3.8, 4) is 0 Å². The lowest BCUT2D eigenvalue weighted by Crippen LogP contribution is -2.67. The zero-order chi connectivity index (χ0) is 16.6. The predicted octanol–water partition coefficient (Wildman–Crippen LogP) is 3.46. The summed E-state index contributed by atoms with van der Waals surface area (Å²) in [5, 5.41) is 1.13. The van der Waals surface area contributed by atoms with E-state index in [2.05, 4.69) is 21.7 Å². The van der Waals surface area contributed by atoms with Crippen molar-refractivity contribution in [2.45, 2.75) is 58.4 Å². The van der Waals surface area contributed by atoms with Crippen LogP contribution in [0.3, 0.4) is 0 Å². The molecule has 1 aromatic heterocycles. The summed E-state index contributed by atoms with van der Waals surface area (Å²) in [7, 11) is 0. The van der Waals surface area contributed by atoms with Gasteiger partial charge in [0, 0.05) is 37.3 Å². The van der Waals surface area contributed by atoms with E-state index in [-0.39, 0.29) is 5.41 Å². The molecule has 132 valence electrons. The van der Waals surface area contributed by atoms with Crippen LogP contribution in [0.4, 0.5) is 0 Å². The van der Waals surface area contributed by atoms with Gasteiger partial charge in [0.1, 0.15) is 0 Å². The van der Waals surface area contributed by atoms with E-state index in [1.54, 1.807) is 11.3 Å². The maximum absolute atomic E-state index is 12.9. The zero-order valence-electron chi connectivity index (χ0n) is 14.8. The Balaban J connectivity index is 1.33. The number of amides is 1. The third kappa shape index (κ3) is 3.25. The molecule has 3 heterocycles. The summed E-state index contributed by atoms with van der Waals surface area (Å²) in [5.41, 5.74) is -0.0628. The van der Waals surface area contributed by atoms with Crippen molar-refractivity contribution in [3.63, 3.8) is 0 Å². The Morgan fingerprint density at radius 1 is 1.25 bits per heavy atom. The van der Waals surface area contributed by atoms with Gasteiger partial charge in [-0.2, -0.15) is 0 Å². The summed E-state index contributed by atoms with van der Waals surface area (Å²) in [6.45, 7) is 7.11. The molecule has 0 unspecified atom stereocenters. The van der Waals surface area contributed by atoms with Gasteiger partial charge in [0.15, 0.2) is 0 Å². The van der Waals surface area contributed by atoms with Crippen LogP contribution in [0.5, 0.6) is 0 Å². The zero-order valence-corrected chi connectivity index (χ0v) is 15.6. The number of piperidine rings is 1. The summed E-state index contributed by atoms with van der Waals surface area (Å²) in [5.74, 6) is 1.21. The van der Waals surface area contributed by atoms with Crippen molar-refractivity contribution in [1.82, 2.24) is 14.8 Å². The smallest absolute Gasteiger partial charge is 0.231 e. The van der Waals surface area contributed by atoms with Crippen LogP contribution < -0.4 is 0 Å². The minimum absolute atomic E-state index is 0.0628. The van der Waals surface area contributed by atoms with Crippen molar-refractivity contribution in [2.75, 3.05) is 26.2 Å². The Hall–Kier alpha value is -0.940. The molecule has 0 radical (unpaired) electrons. The molecule has 0 N–H and O–H groups in total. The minimum Gasteiger partial charge on any atom is -0.341 e. The number of hydrogen-bond acceptors (Lipinski definition) is 4. The Morgan fingerprint density at radius 2 is 2.08 bits per heavy atom. The first kappa shape index (κ1) is 16.5. The molecule has 1 aromatic rings. The van der Waals surface area contributed by atoms with Crippen LogP contribution in [-0.2, 0) is 11.3 Å². The van der Waals surface area contributed by atoms with Gasteiger partial charge in [-0.05, 0) is 45.1 Å². The molecule has 2 aliphatic heterocycles. The lowest BCUT2D eigenvalue weighted by molar-refractivity contribution is -0.167. The van der Waals surface area contributed by atoms with Crippen molar-refractivity contribution in [3.05, 3.63) is 16.1 Å². The van der Waals surface area contributed by atoms with Gasteiger partial charge in [0.05, 0.1) is 10.4 Å². The quantitative estimate of drug-likeness (QED) is 0.783. The van der Waals surface area contributed by atoms with E-state index < -0.39 is 0 Å². The minimum atomic E-state index is -0.0628. The van der Waals surface area contributed by atoms with Crippen molar-refractivity contribution >= 4 is 17.2 Å². The van der Waals surface area contributed by atoms with Gasteiger partial charge >= 0.3 is 0 Å². The predicted molar refractivity (Wildman–Crippen MR) is 97.0 cm³/mol. The van der Waals surface area contributed by atoms with Gasteiger partial charge in [-0.15, -0.1) is 11.3 Å². The molecule has 24 heavy (non-hydrogen) atoms. The van der Waals surface area contributed by atoms with E-state index in [0.29, 0.717) is 5.91 Å². The molecule has 0 aromatic carbocycles. The van der Waals surface area contributed by atoms with Gasteiger partial charge in [0.25, 0.3) is 0 Å².